The van der Waals surface area contributed by atoms with Gasteiger partial charge in [-0.2, -0.15) is 0 Å². The number of rotatable bonds is 5. The van der Waals surface area contributed by atoms with Crippen LogP contribution in [0.2, 0.25) is 0 Å². The Morgan fingerprint density at radius 3 is 3.16 bits per heavy atom. The first-order valence-electron chi connectivity index (χ1n) is 6.89. The third-order valence-electron chi connectivity index (χ3n) is 3.32. The summed E-state index contributed by atoms with van der Waals surface area (Å²) in [5.74, 6) is 1.08. The van der Waals surface area contributed by atoms with Gasteiger partial charge in [0.15, 0.2) is 0 Å². The minimum absolute atomic E-state index is 0.368. The summed E-state index contributed by atoms with van der Waals surface area (Å²) < 4.78 is 6.64. The smallest absolute Gasteiger partial charge is 0.131 e. The van der Waals surface area contributed by atoms with Gasteiger partial charge < -0.3 is 15.0 Å². The highest BCUT2D eigenvalue weighted by Gasteiger charge is 2.24. The molecule has 1 atom stereocenters. The van der Waals surface area contributed by atoms with Crippen LogP contribution in [0.5, 0.6) is 0 Å². The van der Waals surface area contributed by atoms with Crippen molar-refractivity contribution in [3.63, 3.8) is 0 Å². The van der Waals surface area contributed by atoms with E-state index in [0.717, 1.165) is 49.6 Å². The largest absolute Gasteiger partial charge is 0.377 e. The first kappa shape index (κ1) is 14.8. The number of aryl methyl sites for hydroxylation is 1. The number of pyridine rings is 1. The molecule has 4 nitrogen and oxygen atoms in total. The van der Waals surface area contributed by atoms with Gasteiger partial charge in [0.05, 0.1) is 19.3 Å². The van der Waals surface area contributed by atoms with Crippen molar-refractivity contribution in [1.82, 2.24) is 10.3 Å². The Balaban J connectivity index is 2.09. The molecule has 1 aliphatic heterocycles. The van der Waals surface area contributed by atoms with Crippen molar-refractivity contribution in [3.05, 3.63) is 22.3 Å². The van der Waals surface area contributed by atoms with Crippen LogP contribution in [-0.4, -0.2) is 43.9 Å². The molecule has 0 bridgehead atoms. The van der Waals surface area contributed by atoms with E-state index in [-0.39, 0.29) is 0 Å². The lowest BCUT2D eigenvalue weighted by Crippen LogP contribution is -2.51. The van der Waals surface area contributed by atoms with Crippen LogP contribution in [0.4, 0.5) is 5.82 Å². The lowest BCUT2D eigenvalue weighted by molar-refractivity contribution is 0.0933. The third-order valence-corrected chi connectivity index (χ3v) is 3.76. The number of anilines is 1. The molecular formula is C14H22BrN3O. The predicted octanol–water partition coefficient (Wildman–Crippen LogP) is 2.36. The molecule has 0 radical (unpaired) electrons. The maximum atomic E-state index is 5.61. The Morgan fingerprint density at radius 2 is 2.42 bits per heavy atom. The van der Waals surface area contributed by atoms with Gasteiger partial charge in [0.25, 0.3) is 0 Å². The van der Waals surface area contributed by atoms with Crippen LogP contribution in [0.25, 0.3) is 0 Å². The second-order valence-electron chi connectivity index (χ2n) is 4.92. The van der Waals surface area contributed by atoms with E-state index in [1.807, 2.05) is 6.20 Å². The molecular weight excluding hydrogens is 306 g/mol. The van der Waals surface area contributed by atoms with E-state index in [1.165, 1.54) is 5.56 Å². The summed E-state index contributed by atoms with van der Waals surface area (Å²) in [6, 6.07) is 2.49. The van der Waals surface area contributed by atoms with Crippen LogP contribution in [0.15, 0.2) is 16.7 Å². The SMILES string of the molecule is CCCNCC1COCCN1c1ncc(Br)cc1C. The van der Waals surface area contributed by atoms with Crippen LogP contribution in [-0.2, 0) is 4.74 Å². The van der Waals surface area contributed by atoms with Crippen molar-refractivity contribution in [1.29, 1.82) is 0 Å². The van der Waals surface area contributed by atoms with Crippen LogP contribution in [0.3, 0.4) is 0 Å². The third kappa shape index (κ3) is 3.91. The van der Waals surface area contributed by atoms with Gasteiger partial charge in [0.2, 0.25) is 0 Å². The number of hydrogen-bond donors (Lipinski definition) is 1. The zero-order chi connectivity index (χ0) is 13.7. The number of aromatic nitrogens is 1. The number of halogens is 1. The average molecular weight is 328 g/mol. The van der Waals surface area contributed by atoms with Crippen LogP contribution in [0.1, 0.15) is 18.9 Å². The second kappa shape index (κ2) is 7.22. The van der Waals surface area contributed by atoms with Gasteiger partial charge in [-0.1, -0.05) is 6.92 Å². The lowest BCUT2D eigenvalue weighted by Gasteiger charge is -2.37. The molecule has 1 fully saturated rings. The summed E-state index contributed by atoms with van der Waals surface area (Å²) in [5.41, 5.74) is 1.21. The first-order valence-corrected chi connectivity index (χ1v) is 7.69. The number of nitrogens with one attached hydrogen (secondary N) is 1. The highest BCUT2D eigenvalue weighted by atomic mass is 79.9. The average Bonchev–Trinajstić information content (AvgIpc) is 2.40. The van der Waals surface area contributed by atoms with E-state index in [4.69, 9.17) is 4.74 Å². The van der Waals surface area contributed by atoms with Gasteiger partial charge >= 0.3 is 0 Å². The molecule has 1 aliphatic rings. The first-order chi connectivity index (χ1) is 9.22. The van der Waals surface area contributed by atoms with E-state index < -0.39 is 0 Å². The van der Waals surface area contributed by atoms with Gasteiger partial charge in [0, 0.05) is 23.8 Å². The summed E-state index contributed by atoms with van der Waals surface area (Å²) >= 11 is 3.47. The zero-order valence-corrected chi connectivity index (χ0v) is 13.2. The molecule has 1 aromatic heterocycles. The fourth-order valence-corrected chi connectivity index (χ4v) is 2.83. The summed E-state index contributed by atoms with van der Waals surface area (Å²) in [7, 11) is 0. The van der Waals surface area contributed by atoms with Crippen LogP contribution in [0, 0.1) is 6.92 Å². The summed E-state index contributed by atoms with van der Waals surface area (Å²) in [4.78, 5) is 6.94. The molecule has 0 amide bonds. The molecule has 0 saturated carbocycles. The fourth-order valence-electron chi connectivity index (χ4n) is 2.38. The van der Waals surface area contributed by atoms with E-state index in [9.17, 15) is 0 Å². The van der Waals surface area contributed by atoms with Gasteiger partial charge in [-0.3, -0.25) is 0 Å². The molecule has 0 spiro atoms. The summed E-state index contributed by atoms with van der Waals surface area (Å²) in [5, 5.41) is 3.48. The van der Waals surface area contributed by atoms with Crippen LogP contribution < -0.4 is 10.2 Å². The second-order valence-corrected chi connectivity index (χ2v) is 5.84. The molecule has 1 N–H and O–H groups in total. The monoisotopic (exact) mass is 327 g/mol. The maximum Gasteiger partial charge on any atom is 0.131 e. The number of hydrogen-bond acceptors (Lipinski definition) is 4. The Hall–Kier alpha value is -0.650. The van der Waals surface area contributed by atoms with Crippen molar-refractivity contribution in [2.24, 2.45) is 0 Å². The standard InChI is InChI=1S/C14H22BrN3O/c1-3-4-16-9-13-10-19-6-5-18(13)14-11(2)7-12(15)8-17-14/h7-8,13,16H,3-6,9-10H2,1-2H3. The van der Waals surface area contributed by atoms with Gasteiger partial charge in [-0.05, 0) is 47.4 Å². The van der Waals surface area contributed by atoms with Gasteiger partial charge in [0.1, 0.15) is 5.82 Å². The zero-order valence-electron chi connectivity index (χ0n) is 11.7. The van der Waals surface area contributed by atoms with Crippen molar-refractivity contribution in [2.45, 2.75) is 26.3 Å². The molecule has 0 aliphatic carbocycles. The van der Waals surface area contributed by atoms with Crippen molar-refractivity contribution < 1.29 is 4.74 Å². The van der Waals surface area contributed by atoms with E-state index in [1.54, 1.807) is 0 Å². The summed E-state index contributed by atoms with van der Waals surface area (Å²) in [6.07, 6.45) is 3.03. The van der Waals surface area contributed by atoms with Crippen molar-refractivity contribution >= 4 is 21.7 Å². The normalized spacial score (nSPS) is 19.7. The van der Waals surface area contributed by atoms with E-state index >= 15 is 0 Å². The number of ether oxygens (including phenoxy) is 1. The number of nitrogens with zero attached hydrogens (tertiary/aromatic N) is 2. The highest BCUT2D eigenvalue weighted by molar-refractivity contribution is 9.10. The lowest BCUT2D eigenvalue weighted by atomic mass is 10.2. The fraction of sp³-hybridized carbons (Fsp3) is 0.643. The minimum atomic E-state index is 0.368. The number of morpholine rings is 1. The molecule has 1 aromatic rings. The molecule has 19 heavy (non-hydrogen) atoms. The molecule has 1 saturated heterocycles. The van der Waals surface area contributed by atoms with E-state index in [2.05, 4.69) is 51.0 Å². The Kier molecular flexibility index (Phi) is 5.60. The van der Waals surface area contributed by atoms with Gasteiger partial charge in [-0.25, -0.2) is 4.98 Å². The van der Waals surface area contributed by atoms with E-state index in [0.29, 0.717) is 6.04 Å². The van der Waals surface area contributed by atoms with Gasteiger partial charge in [-0.15, -0.1) is 0 Å². The molecule has 1 unspecified atom stereocenters. The van der Waals surface area contributed by atoms with Crippen LogP contribution >= 0.6 is 15.9 Å². The molecule has 106 valence electrons. The molecule has 2 heterocycles. The topological polar surface area (TPSA) is 37.4 Å². The quantitative estimate of drug-likeness (QED) is 0.842. The maximum absolute atomic E-state index is 5.61. The Labute approximate surface area is 123 Å². The molecule has 0 aromatic carbocycles. The molecule has 5 heteroatoms. The Morgan fingerprint density at radius 1 is 1.58 bits per heavy atom. The Bertz CT molecular complexity index is 414. The summed E-state index contributed by atoms with van der Waals surface area (Å²) in [6.45, 7) is 8.76. The predicted molar refractivity (Wildman–Crippen MR) is 81.8 cm³/mol. The van der Waals surface area contributed by atoms with Crippen molar-refractivity contribution in [3.8, 4) is 0 Å². The molecule has 2 rings (SSSR count). The van der Waals surface area contributed by atoms with Crippen molar-refractivity contribution in [2.75, 3.05) is 37.7 Å². The highest BCUT2D eigenvalue weighted by Crippen LogP contribution is 2.23. The minimum Gasteiger partial charge on any atom is -0.377 e.